The van der Waals surface area contributed by atoms with E-state index in [1.165, 1.54) is 30.5 Å². The Morgan fingerprint density at radius 3 is 2.61 bits per heavy atom. The van der Waals surface area contributed by atoms with Crippen LogP contribution in [0.3, 0.4) is 0 Å². The third-order valence-electron chi connectivity index (χ3n) is 5.59. The quantitative estimate of drug-likeness (QED) is 0.597. The number of fused-ring (bicyclic) bond motifs is 1. The van der Waals surface area contributed by atoms with Crippen LogP contribution in [0.4, 0.5) is 15.9 Å². The number of phenols is 1. The predicted octanol–water partition coefficient (Wildman–Crippen LogP) is 4.00. The van der Waals surface area contributed by atoms with Crippen LogP contribution in [0.5, 0.6) is 5.75 Å². The number of aromatic nitrogens is 2. The van der Waals surface area contributed by atoms with Crippen molar-refractivity contribution in [1.29, 1.82) is 0 Å². The molecular formula is C23H19FN4O3. The molecule has 1 aliphatic carbocycles. The van der Waals surface area contributed by atoms with Crippen LogP contribution in [-0.4, -0.2) is 26.6 Å². The zero-order valence-electron chi connectivity index (χ0n) is 16.4. The SMILES string of the molecule is O=C1CCCC2=C1[C@H](c1ccc(O)cc1)n1ncc(C(=O)Nc3ccc(F)cc3)c1N2. The molecule has 2 heterocycles. The molecule has 0 saturated carbocycles. The molecule has 1 amide bonds. The number of nitrogens with zero attached hydrogens (tertiary/aromatic N) is 2. The maximum atomic E-state index is 13.2. The van der Waals surface area contributed by atoms with Gasteiger partial charge in [-0.05, 0) is 54.8 Å². The molecule has 3 aromatic rings. The van der Waals surface area contributed by atoms with E-state index in [0.29, 0.717) is 35.5 Å². The number of hydrogen-bond acceptors (Lipinski definition) is 5. The highest BCUT2D eigenvalue weighted by Gasteiger charge is 2.37. The van der Waals surface area contributed by atoms with E-state index >= 15 is 0 Å². The molecule has 0 fully saturated rings. The Kier molecular flexibility index (Phi) is 4.54. The molecule has 156 valence electrons. The van der Waals surface area contributed by atoms with Gasteiger partial charge in [0.05, 0.1) is 6.20 Å². The summed E-state index contributed by atoms with van der Waals surface area (Å²) < 4.78 is 14.8. The number of allylic oxidation sites excluding steroid dienone is 2. The first-order chi connectivity index (χ1) is 15.0. The van der Waals surface area contributed by atoms with Gasteiger partial charge in [0.25, 0.3) is 5.91 Å². The van der Waals surface area contributed by atoms with Gasteiger partial charge in [-0.1, -0.05) is 12.1 Å². The molecule has 2 aliphatic rings. The number of phenolic OH excluding ortho intramolecular Hbond substituents is 1. The molecule has 7 nitrogen and oxygen atoms in total. The topological polar surface area (TPSA) is 96.2 Å². The number of rotatable bonds is 3. The van der Waals surface area contributed by atoms with Crippen LogP contribution in [0.1, 0.15) is 41.2 Å². The van der Waals surface area contributed by atoms with Crippen molar-refractivity contribution in [2.24, 2.45) is 0 Å². The van der Waals surface area contributed by atoms with E-state index in [9.17, 15) is 19.1 Å². The zero-order chi connectivity index (χ0) is 21.5. The summed E-state index contributed by atoms with van der Waals surface area (Å²) in [5.74, 6) is -0.116. The smallest absolute Gasteiger partial charge is 0.261 e. The third kappa shape index (κ3) is 3.35. The van der Waals surface area contributed by atoms with Gasteiger partial charge in [0.2, 0.25) is 0 Å². The summed E-state index contributed by atoms with van der Waals surface area (Å²) in [4.78, 5) is 25.7. The summed E-state index contributed by atoms with van der Waals surface area (Å²) in [5, 5.41) is 20.1. The van der Waals surface area contributed by atoms with Crippen LogP contribution in [0.25, 0.3) is 0 Å². The molecule has 1 aliphatic heterocycles. The molecule has 0 saturated heterocycles. The Morgan fingerprint density at radius 1 is 1.13 bits per heavy atom. The summed E-state index contributed by atoms with van der Waals surface area (Å²) in [7, 11) is 0. The Bertz CT molecular complexity index is 1210. The summed E-state index contributed by atoms with van der Waals surface area (Å²) in [6, 6.07) is 11.6. The van der Waals surface area contributed by atoms with Gasteiger partial charge < -0.3 is 15.7 Å². The van der Waals surface area contributed by atoms with Crippen molar-refractivity contribution in [3.63, 3.8) is 0 Å². The zero-order valence-corrected chi connectivity index (χ0v) is 16.4. The molecule has 0 spiro atoms. The van der Waals surface area contributed by atoms with Crippen molar-refractivity contribution in [3.05, 3.63) is 82.9 Å². The lowest BCUT2D eigenvalue weighted by Gasteiger charge is -2.33. The Balaban J connectivity index is 1.56. The van der Waals surface area contributed by atoms with Gasteiger partial charge in [0.15, 0.2) is 5.78 Å². The standard InChI is InChI=1S/C23H19FN4O3/c24-14-6-8-15(9-7-14)26-23(31)17-12-25-28-21(13-4-10-16(29)11-5-13)20-18(27-22(17)28)2-1-3-19(20)30/h4-12,21,27,29H,1-3H2,(H,26,31)/t21-/m0/s1. The largest absolute Gasteiger partial charge is 0.508 e. The fourth-order valence-electron chi connectivity index (χ4n) is 4.12. The highest BCUT2D eigenvalue weighted by atomic mass is 19.1. The number of amides is 1. The first kappa shape index (κ1) is 19.0. The summed E-state index contributed by atoms with van der Waals surface area (Å²) >= 11 is 0. The minimum atomic E-state index is -0.493. The second-order valence-electron chi connectivity index (χ2n) is 7.60. The van der Waals surface area contributed by atoms with Gasteiger partial charge in [-0.15, -0.1) is 0 Å². The van der Waals surface area contributed by atoms with Gasteiger partial charge in [-0.2, -0.15) is 5.10 Å². The molecule has 1 aromatic heterocycles. The Morgan fingerprint density at radius 2 is 1.87 bits per heavy atom. The van der Waals surface area contributed by atoms with E-state index in [1.54, 1.807) is 28.9 Å². The van der Waals surface area contributed by atoms with Crippen LogP contribution < -0.4 is 10.6 Å². The van der Waals surface area contributed by atoms with Crippen LogP contribution in [0, 0.1) is 5.82 Å². The Labute approximate surface area is 177 Å². The number of anilines is 2. The maximum absolute atomic E-state index is 13.2. The van der Waals surface area contributed by atoms with Gasteiger partial charge in [0.1, 0.15) is 29.0 Å². The number of ketones is 1. The number of carbonyl (C=O) groups excluding carboxylic acids is 2. The average Bonchev–Trinajstić information content (AvgIpc) is 3.18. The number of benzene rings is 2. The summed E-state index contributed by atoms with van der Waals surface area (Å²) in [5.41, 5.74) is 3.00. The number of aromatic hydroxyl groups is 1. The minimum Gasteiger partial charge on any atom is -0.508 e. The van der Waals surface area contributed by atoms with Crippen molar-refractivity contribution in [1.82, 2.24) is 9.78 Å². The van der Waals surface area contributed by atoms with Gasteiger partial charge in [0, 0.05) is 23.4 Å². The van der Waals surface area contributed by atoms with E-state index in [4.69, 9.17) is 0 Å². The molecule has 31 heavy (non-hydrogen) atoms. The number of nitrogens with one attached hydrogen (secondary N) is 2. The van der Waals surface area contributed by atoms with E-state index in [1.807, 2.05) is 0 Å². The molecule has 0 bridgehead atoms. The lowest BCUT2D eigenvalue weighted by Crippen LogP contribution is -2.32. The van der Waals surface area contributed by atoms with Crippen molar-refractivity contribution in [2.75, 3.05) is 10.6 Å². The van der Waals surface area contributed by atoms with Gasteiger partial charge >= 0.3 is 0 Å². The van der Waals surface area contributed by atoms with Crippen LogP contribution in [0.15, 0.2) is 66.0 Å². The highest BCUT2D eigenvalue weighted by molar-refractivity contribution is 6.08. The second-order valence-corrected chi connectivity index (χ2v) is 7.60. The number of carbonyl (C=O) groups is 2. The first-order valence-electron chi connectivity index (χ1n) is 9.98. The average molecular weight is 418 g/mol. The normalized spacial score (nSPS) is 17.6. The molecule has 8 heteroatoms. The number of Topliss-reactive ketones (excluding diaryl/α,β-unsaturated/α-hetero) is 1. The predicted molar refractivity (Wildman–Crippen MR) is 112 cm³/mol. The Hall–Kier alpha value is -3.94. The molecule has 3 N–H and O–H groups in total. The fourth-order valence-corrected chi connectivity index (χ4v) is 4.12. The molecular weight excluding hydrogens is 399 g/mol. The molecule has 0 radical (unpaired) electrons. The van der Waals surface area contributed by atoms with Gasteiger partial charge in [-0.3, -0.25) is 9.59 Å². The van der Waals surface area contributed by atoms with E-state index < -0.39 is 11.9 Å². The monoisotopic (exact) mass is 418 g/mol. The summed E-state index contributed by atoms with van der Waals surface area (Å²) in [6.07, 6.45) is 3.35. The van der Waals surface area contributed by atoms with Crippen molar-refractivity contribution in [2.45, 2.75) is 25.3 Å². The van der Waals surface area contributed by atoms with Crippen LogP contribution in [0.2, 0.25) is 0 Å². The maximum Gasteiger partial charge on any atom is 0.261 e. The minimum absolute atomic E-state index is 0.0466. The third-order valence-corrected chi connectivity index (χ3v) is 5.59. The van der Waals surface area contributed by atoms with Crippen LogP contribution in [-0.2, 0) is 4.79 Å². The van der Waals surface area contributed by atoms with E-state index in [2.05, 4.69) is 15.7 Å². The van der Waals surface area contributed by atoms with Crippen molar-refractivity contribution in [3.8, 4) is 5.75 Å². The number of halogens is 1. The first-order valence-corrected chi connectivity index (χ1v) is 9.98. The lowest BCUT2D eigenvalue weighted by molar-refractivity contribution is -0.116. The molecule has 0 unspecified atom stereocenters. The molecule has 2 aromatic carbocycles. The second kappa shape index (κ2) is 7.39. The van der Waals surface area contributed by atoms with Crippen molar-refractivity contribution >= 4 is 23.2 Å². The molecule has 5 rings (SSSR count). The van der Waals surface area contributed by atoms with E-state index in [-0.39, 0.29) is 17.3 Å². The lowest BCUT2D eigenvalue weighted by atomic mass is 9.85. The van der Waals surface area contributed by atoms with Crippen LogP contribution >= 0.6 is 0 Å². The fraction of sp³-hybridized carbons (Fsp3) is 0.174. The molecule has 1 atom stereocenters. The van der Waals surface area contributed by atoms with Gasteiger partial charge in [-0.25, -0.2) is 9.07 Å². The van der Waals surface area contributed by atoms with E-state index in [0.717, 1.165) is 17.7 Å². The number of hydrogen-bond donors (Lipinski definition) is 3. The highest BCUT2D eigenvalue weighted by Crippen LogP contribution is 2.41. The van der Waals surface area contributed by atoms with Crippen molar-refractivity contribution < 1.29 is 19.1 Å². The summed E-state index contributed by atoms with van der Waals surface area (Å²) in [6.45, 7) is 0.